The third-order valence-electron chi connectivity index (χ3n) is 1.82. The van der Waals surface area contributed by atoms with E-state index in [1.54, 1.807) is 0 Å². The Balaban J connectivity index is 3.94. The maximum absolute atomic E-state index is 5.30. The summed E-state index contributed by atoms with van der Waals surface area (Å²) in [6, 6.07) is 0. The molecule has 2 nitrogen and oxygen atoms in total. The number of nitrogens with zero attached hydrogens (tertiary/aromatic N) is 1. The molecule has 0 saturated heterocycles. The summed E-state index contributed by atoms with van der Waals surface area (Å²) in [5, 5.41) is 4.07. The van der Waals surface area contributed by atoms with Crippen LogP contribution in [0.1, 0.15) is 33.6 Å². The summed E-state index contributed by atoms with van der Waals surface area (Å²) in [5.74, 6) is 0. The Morgan fingerprint density at radius 3 is 2.14 bits per heavy atom. The van der Waals surface area contributed by atoms with Gasteiger partial charge in [-0.25, -0.2) is 0 Å². The zero-order chi connectivity index (χ0) is 11.0. The van der Waals surface area contributed by atoms with Gasteiger partial charge in [0.1, 0.15) is 0 Å². The van der Waals surface area contributed by atoms with E-state index in [1.807, 2.05) is 6.92 Å². The summed E-state index contributed by atoms with van der Waals surface area (Å²) in [6.07, 6.45) is 2.27. The first-order chi connectivity index (χ1) is 6.61. The van der Waals surface area contributed by atoms with Crippen LogP contribution in [0.25, 0.3) is 0 Å². The van der Waals surface area contributed by atoms with Gasteiger partial charge in [-0.2, -0.15) is 0 Å². The van der Waals surface area contributed by atoms with E-state index in [0.29, 0.717) is 0 Å². The fraction of sp³-hybridized carbons (Fsp3) is 0.727. The van der Waals surface area contributed by atoms with Crippen molar-refractivity contribution in [1.29, 1.82) is 0 Å². The van der Waals surface area contributed by atoms with E-state index in [1.165, 1.54) is 0 Å². The molecule has 0 bridgehead atoms. The van der Waals surface area contributed by atoms with Gasteiger partial charge in [0, 0.05) is 19.6 Å². The molecule has 0 aliphatic rings. The van der Waals surface area contributed by atoms with Gasteiger partial charge in [0.15, 0.2) is 5.11 Å². The van der Waals surface area contributed by atoms with Gasteiger partial charge in [0.25, 0.3) is 0 Å². The van der Waals surface area contributed by atoms with E-state index in [9.17, 15) is 0 Å². The van der Waals surface area contributed by atoms with Gasteiger partial charge in [-0.3, -0.25) is 0 Å². The molecule has 0 unspecified atom stereocenters. The standard InChI is InChI=1S/C11H22N2S/c1-5-7-13(8-6-2)11(14)12-9-10(3)4/h3,5-9H2,1-2,4H3,(H,12,14). The normalized spacial score (nSPS) is 9.64. The number of hydrogen-bond donors (Lipinski definition) is 1. The van der Waals surface area contributed by atoms with E-state index in [2.05, 4.69) is 30.6 Å². The molecule has 0 spiro atoms. The van der Waals surface area contributed by atoms with Crippen LogP contribution in [0.4, 0.5) is 0 Å². The lowest BCUT2D eigenvalue weighted by molar-refractivity contribution is 0.411. The number of hydrogen-bond acceptors (Lipinski definition) is 1. The Labute approximate surface area is 93.4 Å². The molecule has 0 atom stereocenters. The maximum atomic E-state index is 5.30. The molecule has 82 valence electrons. The van der Waals surface area contributed by atoms with Crippen molar-refractivity contribution in [1.82, 2.24) is 10.2 Å². The number of thiocarbonyl (C=S) groups is 1. The van der Waals surface area contributed by atoms with E-state index < -0.39 is 0 Å². The molecule has 14 heavy (non-hydrogen) atoms. The molecule has 0 aromatic rings. The van der Waals surface area contributed by atoms with Crippen LogP contribution >= 0.6 is 12.2 Å². The van der Waals surface area contributed by atoms with Crippen molar-refractivity contribution in [3.05, 3.63) is 12.2 Å². The number of nitrogens with one attached hydrogen (secondary N) is 1. The molecule has 0 aromatic carbocycles. The molecule has 3 heteroatoms. The van der Waals surface area contributed by atoms with Crippen molar-refractivity contribution in [2.75, 3.05) is 19.6 Å². The second-order valence-corrected chi connectivity index (χ2v) is 3.99. The van der Waals surface area contributed by atoms with Gasteiger partial charge in [0.05, 0.1) is 0 Å². The van der Waals surface area contributed by atoms with Crippen LogP contribution in [0, 0.1) is 0 Å². The molecule has 0 aromatic heterocycles. The lowest BCUT2D eigenvalue weighted by Crippen LogP contribution is -2.41. The Hall–Kier alpha value is -0.570. The average molecular weight is 214 g/mol. The Morgan fingerprint density at radius 2 is 1.79 bits per heavy atom. The van der Waals surface area contributed by atoms with E-state index in [0.717, 1.165) is 43.2 Å². The minimum atomic E-state index is 0.781. The van der Waals surface area contributed by atoms with Gasteiger partial charge in [0.2, 0.25) is 0 Å². The van der Waals surface area contributed by atoms with Crippen LogP contribution in [0.3, 0.4) is 0 Å². The van der Waals surface area contributed by atoms with Crippen molar-refractivity contribution < 1.29 is 0 Å². The topological polar surface area (TPSA) is 15.3 Å². The van der Waals surface area contributed by atoms with E-state index in [4.69, 9.17) is 12.2 Å². The molecule has 0 radical (unpaired) electrons. The van der Waals surface area contributed by atoms with Gasteiger partial charge < -0.3 is 10.2 Å². The molecule has 0 aliphatic carbocycles. The average Bonchev–Trinajstić information content (AvgIpc) is 2.14. The van der Waals surface area contributed by atoms with Crippen molar-refractivity contribution in [2.24, 2.45) is 0 Å². The van der Waals surface area contributed by atoms with E-state index >= 15 is 0 Å². The Bertz CT molecular complexity index is 184. The molecule has 0 saturated carbocycles. The van der Waals surface area contributed by atoms with Crippen molar-refractivity contribution in [3.8, 4) is 0 Å². The molecule has 1 N–H and O–H groups in total. The first-order valence-corrected chi connectivity index (χ1v) is 5.69. The van der Waals surface area contributed by atoms with Gasteiger partial charge in [-0.05, 0) is 32.0 Å². The monoisotopic (exact) mass is 214 g/mol. The molecule has 0 fully saturated rings. The van der Waals surface area contributed by atoms with Crippen LogP contribution in [0.15, 0.2) is 12.2 Å². The fourth-order valence-electron chi connectivity index (χ4n) is 1.19. The van der Waals surface area contributed by atoms with Crippen molar-refractivity contribution >= 4 is 17.3 Å². The maximum Gasteiger partial charge on any atom is 0.169 e. The van der Waals surface area contributed by atoms with Gasteiger partial charge in [-0.1, -0.05) is 26.0 Å². The van der Waals surface area contributed by atoms with Gasteiger partial charge in [-0.15, -0.1) is 0 Å². The highest BCUT2D eigenvalue weighted by atomic mass is 32.1. The van der Waals surface area contributed by atoms with Crippen LogP contribution in [-0.2, 0) is 0 Å². The smallest absolute Gasteiger partial charge is 0.169 e. The highest BCUT2D eigenvalue weighted by molar-refractivity contribution is 7.80. The molecule has 0 aliphatic heterocycles. The Kier molecular flexibility index (Phi) is 7.48. The summed E-state index contributed by atoms with van der Waals surface area (Å²) in [4.78, 5) is 2.22. The first kappa shape index (κ1) is 13.4. The van der Waals surface area contributed by atoms with Crippen molar-refractivity contribution in [2.45, 2.75) is 33.6 Å². The Morgan fingerprint density at radius 1 is 1.29 bits per heavy atom. The summed E-state index contributed by atoms with van der Waals surface area (Å²) < 4.78 is 0. The minimum Gasteiger partial charge on any atom is -0.359 e. The second kappa shape index (κ2) is 7.80. The zero-order valence-electron chi connectivity index (χ0n) is 9.60. The molecule has 0 rings (SSSR count). The summed E-state index contributed by atoms with van der Waals surface area (Å²) in [6.45, 7) is 13.0. The summed E-state index contributed by atoms with van der Waals surface area (Å²) in [7, 11) is 0. The minimum absolute atomic E-state index is 0.781. The highest BCUT2D eigenvalue weighted by Gasteiger charge is 2.05. The summed E-state index contributed by atoms with van der Waals surface area (Å²) >= 11 is 5.30. The lowest BCUT2D eigenvalue weighted by atomic mass is 10.3. The SMILES string of the molecule is C=C(C)CNC(=S)N(CCC)CCC. The fourth-order valence-corrected chi connectivity index (χ4v) is 1.45. The van der Waals surface area contributed by atoms with Crippen LogP contribution < -0.4 is 5.32 Å². The third-order valence-corrected chi connectivity index (χ3v) is 2.22. The quantitative estimate of drug-likeness (QED) is 0.540. The van der Waals surface area contributed by atoms with E-state index in [-0.39, 0.29) is 0 Å². The number of rotatable bonds is 6. The van der Waals surface area contributed by atoms with Gasteiger partial charge >= 0.3 is 0 Å². The summed E-state index contributed by atoms with van der Waals surface area (Å²) in [5.41, 5.74) is 1.11. The zero-order valence-corrected chi connectivity index (χ0v) is 10.4. The molecule has 0 heterocycles. The third kappa shape index (κ3) is 5.97. The van der Waals surface area contributed by atoms with Crippen LogP contribution in [0.2, 0.25) is 0 Å². The first-order valence-electron chi connectivity index (χ1n) is 5.29. The highest BCUT2D eigenvalue weighted by Crippen LogP contribution is 1.96. The van der Waals surface area contributed by atoms with Crippen LogP contribution in [-0.4, -0.2) is 29.6 Å². The predicted octanol–water partition coefficient (Wildman–Crippen LogP) is 2.56. The molecular weight excluding hydrogens is 192 g/mol. The molecule has 0 amide bonds. The lowest BCUT2D eigenvalue weighted by Gasteiger charge is -2.24. The van der Waals surface area contributed by atoms with Crippen molar-refractivity contribution in [3.63, 3.8) is 0 Å². The van der Waals surface area contributed by atoms with Crippen LogP contribution in [0.5, 0.6) is 0 Å². The second-order valence-electron chi connectivity index (χ2n) is 3.60. The predicted molar refractivity (Wildman–Crippen MR) is 67.6 cm³/mol. The molecular formula is C11H22N2S. The largest absolute Gasteiger partial charge is 0.359 e.